The summed E-state index contributed by atoms with van der Waals surface area (Å²) in [6, 6.07) is 5.00. The Hall–Kier alpha value is -2.57. The third-order valence-corrected chi connectivity index (χ3v) is 4.92. The summed E-state index contributed by atoms with van der Waals surface area (Å²) in [5.74, 6) is -0.305. The summed E-state index contributed by atoms with van der Waals surface area (Å²) in [7, 11) is 3.03. The van der Waals surface area contributed by atoms with Crippen molar-refractivity contribution in [3.05, 3.63) is 18.2 Å². The zero-order valence-electron chi connectivity index (χ0n) is 14.4. The Kier molecular flexibility index (Phi) is 4.92. The molecule has 1 saturated carbocycles. The number of carbonyl (C=O) groups excluding carboxylic acids is 3. The average molecular weight is 346 g/mol. The van der Waals surface area contributed by atoms with Gasteiger partial charge in [0, 0.05) is 6.07 Å². The molecule has 2 aliphatic rings. The highest BCUT2D eigenvalue weighted by Crippen LogP contribution is 2.38. The molecule has 1 heterocycles. The van der Waals surface area contributed by atoms with Gasteiger partial charge in [0.15, 0.2) is 0 Å². The fourth-order valence-electron chi connectivity index (χ4n) is 3.62. The molecule has 1 saturated heterocycles. The highest BCUT2D eigenvalue weighted by Gasteiger charge is 2.48. The molecule has 0 radical (unpaired) electrons. The summed E-state index contributed by atoms with van der Waals surface area (Å²) in [4.78, 5) is 38.3. The van der Waals surface area contributed by atoms with Crippen molar-refractivity contribution in [1.29, 1.82) is 0 Å². The first-order valence-electron chi connectivity index (χ1n) is 8.42. The summed E-state index contributed by atoms with van der Waals surface area (Å²) < 4.78 is 10.4. The predicted octanol–water partition coefficient (Wildman–Crippen LogP) is 1.82. The van der Waals surface area contributed by atoms with Crippen LogP contribution in [0.25, 0.3) is 0 Å². The lowest BCUT2D eigenvalue weighted by Gasteiger charge is -2.19. The fraction of sp³-hybridized carbons (Fsp3) is 0.500. The van der Waals surface area contributed by atoms with Crippen molar-refractivity contribution in [1.82, 2.24) is 4.90 Å². The quantitative estimate of drug-likeness (QED) is 0.822. The molecule has 2 fully saturated rings. The van der Waals surface area contributed by atoms with Gasteiger partial charge in [-0.3, -0.25) is 19.3 Å². The van der Waals surface area contributed by atoms with Crippen molar-refractivity contribution in [2.24, 2.45) is 11.8 Å². The molecule has 1 aromatic carbocycles. The van der Waals surface area contributed by atoms with Gasteiger partial charge in [0.2, 0.25) is 17.7 Å². The van der Waals surface area contributed by atoms with Gasteiger partial charge in [-0.1, -0.05) is 12.8 Å². The number of imide groups is 1. The Morgan fingerprint density at radius 2 is 1.76 bits per heavy atom. The van der Waals surface area contributed by atoms with E-state index >= 15 is 0 Å². The summed E-state index contributed by atoms with van der Waals surface area (Å²) in [5, 5.41) is 2.70. The first kappa shape index (κ1) is 17.3. The second-order valence-electron chi connectivity index (χ2n) is 6.37. The standard InChI is InChI=1S/C18H22N2O5/c1-24-11-7-8-14(15(9-11)25-2)19-16(21)10-20-17(22)12-5-3-4-6-13(12)18(20)23/h7-9,12-13H,3-6,10H2,1-2H3,(H,19,21)/t12-,13+. The fourth-order valence-corrected chi connectivity index (χ4v) is 3.62. The van der Waals surface area contributed by atoms with E-state index in [2.05, 4.69) is 5.32 Å². The van der Waals surface area contributed by atoms with Crippen molar-refractivity contribution in [3.8, 4) is 11.5 Å². The number of hydrogen-bond acceptors (Lipinski definition) is 5. The summed E-state index contributed by atoms with van der Waals surface area (Å²) in [6.45, 7) is -0.264. The molecule has 25 heavy (non-hydrogen) atoms. The minimum absolute atomic E-state index is 0.216. The predicted molar refractivity (Wildman–Crippen MR) is 90.3 cm³/mol. The number of amides is 3. The molecule has 3 rings (SSSR count). The summed E-state index contributed by atoms with van der Waals surface area (Å²) in [5.41, 5.74) is 0.463. The van der Waals surface area contributed by atoms with Crippen LogP contribution < -0.4 is 14.8 Å². The zero-order valence-corrected chi connectivity index (χ0v) is 14.4. The number of nitrogens with one attached hydrogen (secondary N) is 1. The van der Waals surface area contributed by atoms with Gasteiger partial charge < -0.3 is 14.8 Å². The Morgan fingerprint density at radius 3 is 2.32 bits per heavy atom. The Labute approximate surface area is 146 Å². The first-order valence-corrected chi connectivity index (χ1v) is 8.42. The second kappa shape index (κ2) is 7.13. The van der Waals surface area contributed by atoms with E-state index in [4.69, 9.17) is 9.47 Å². The van der Waals surface area contributed by atoms with E-state index in [0.717, 1.165) is 30.6 Å². The number of likely N-dealkylation sites (tertiary alicyclic amines) is 1. The maximum absolute atomic E-state index is 12.4. The first-order chi connectivity index (χ1) is 12.0. The number of methoxy groups -OCH3 is 2. The maximum atomic E-state index is 12.4. The van der Waals surface area contributed by atoms with E-state index in [9.17, 15) is 14.4 Å². The third kappa shape index (κ3) is 3.31. The van der Waals surface area contributed by atoms with Crippen LogP contribution in [0, 0.1) is 11.8 Å². The molecular weight excluding hydrogens is 324 g/mol. The molecule has 7 heteroatoms. The largest absolute Gasteiger partial charge is 0.497 e. The van der Waals surface area contributed by atoms with E-state index < -0.39 is 5.91 Å². The van der Waals surface area contributed by atoms with Crippen molar-refractivity contribution in [2.45, 2.75) is 25.7 Å². The molecule has 0 bridgehead atoms. The van der Waals surface area contributed by atoms with E-state index in [1.807, 2.05) is 0 Å². The average Bonchev–Trinajstić information content (AvgIpc) is 2.87. The number of fused-ring (bicyclic) bond motifs is 1. The Balaban J connectivity index is 1.69. The lowest BCUT2D eigenvalue weighted by atomic mass is 9.81. The van der Waals surface area contributed by atoms with Crippen LogP contribution in [0.15, 0.2) is 18.2 Å². The third-order valence-electron chi connectivity index (χ3n) is 4.92. The topological polar surface area (TPSA) is 84.9 Å². The number of anilines is 1. The van der Waals surface area contributed by atoms with Gasteiger partial charge >= 0.3 is 0 Å². The SMILES string of the molecule is COc1ccc(NC(=O)CN2C(=O)[C@H]3CCCC[C@H]3C2=O)c(OC)c1. The van der Waals surface area contributed by atoms with Gasteiger partial charge in [-0.2, -0.15) is 0 Å². The molecular formula is C18H22N2O5. The molecule has 0 aromatic heterocycles. The summed E-state index contributed by atoms with van der Waals surface area (Å²) >= 11 is 0. The molecule has 3 amide bonds. The molecule has 1 aromatic rings. The van der Waals surface area contributed by atoms with Crippen LogP contribution in [0.1, 0.15) is 25.7 Å². The van der Waals surface area contributed by atoms with Crippen molar-refractivity contribution in [3.63, 3.8) is 0 Å². The second-order valence-corrected chi connectivity index (χ2v) is 6.37. The number of carbonyl (C=O) groups is 3. The smallest absolute Gasteiger partial charge is 0.244 e. The molecule has 0 spiro atoms. The van der Waals surface area contributed by atoms with E-state index in [0.29, 0.717) is 17.2 Å². The number of rotatable bonds is 5. The lowest BCUT2D eigenvalue weighted by molar-refractivity contribution is -0.142. The van der Waals surface area contributed by atoms with Crippen molar-refractivity contribution in [2.75, 3.05) is 26.1 Å². The number of ether oxygens (including phenoxy) is 2. The summed E-state index contributed by atoms with van der Waals surface area (Å²) in [6.07, 6.45) is 3.39. The van der Waals surface area contributed by atoms with E-state index in [-0.39, 0.29) is 30.2 Å². The number of benzene rings is 1. The maximum Gasteiger partial charge on any atom is 0.244 e. The Bertz CT molecular complexity index is 679. The number of nitrogens with zero attached hydrogens (tertiary/aromatic N) is 1. The van der Waals surface area contributed by atoms with Crippen LogP contribution in [-0.4, -0.2) is 43.4 Å². The molecule has 7 nitrogen and oxygen atoms in total. The van der Waals surface area contributed by atoms with Crippen molar-refractivity contribution < 1.29 is 23.9 Å². The monoisotopic (exact) mass is 346 g/mol. The lowest BCUT2D eigenvalue weighted by Crippen LogP contribution is -2.38. The zero-order chi connectivity index (χ0) is 18.0. The van der Waals surface area contributed by atoms with Crippen LogP contribution in [0.3, 0.4) is 0 Å². The van der Waals surface area contributed by atoms with Gasteiger partial charge in [-0.15, -0.1) is 0 Å². The van der Waals surface area contributed by atoms with E-state index in [1.165, 1.54) is 14.2 Å². The van der Waals surface area contributed by atoms with Crippen LogP contribution in [0.4, 0.5) is 5.69 Å². The molecule has 1 aliphatic carbocycles. The van der Waals surface area contributed by atoms with Crippen LogP contribution >= 0.6 is 0 Å². The molecule has 1 aliphatic heterocycles. The van der Waals surface area contributed by atoms with Crippen molar-refractivity contribution >= 4 is 23.4 Å². The van der Waals surface area contributed by atoms with Gasteiger partial charge in [0.1, 0.15) is 18.0 Å². The van der Waals surface area contributed by atoms with Gasteiger partial charge in [0.25, 0.3) is 0 Å². The van der Waals surface area contributed by atoms with Gasteiger partial charge in [-0.05, 0) is 25.0 Å². The minimum Gasteiger partial charge on any atom is -0.497 e. The molecule has 1 N–H and O–H groups in total. The minimum atomic E-state index is -0.427. The molecule has 2 atom stereocenters. The van der Waals surface area contributed by atoms with E-state index in [1.54, 1.807) is 18.2 Å². The number of hydrogen-bond donors (Lipinski definition) is 1. The molecule has 0 unspecified atom stereocenters. The van der Waals surface area contributed by atoms with Crippen LogP contribution in [0.5, 0.6) is 11.5 Å². The van der Waals surface area contributed by atoms with Crippen LogP contribution in [0.2, 0.25) is 0 Å². The Morgan fingerprint density at radius 1 is 1.12 bits per heavy atom. The van der Waals surface area contributed by atoms with Gasteiger partial charge in [-0.25, -0.2) is 0 Å². The normalized spacial score (nSPS) is 22.6. The van der Waals surface area contributed by atoms with Gasteiger partial charge in [0.05, 0.1) is 31.7 Å². The highest BCUT2D eigenvalue weighted by atomic mass is 16.5. The van der Waals surface area contributed by atoms with Crippen LogP contribution in [-0.2, 0) is 14.4 Å². The molecule has 134 valence electrons. The highest BCUT2D eigenvalue weighted by molar-refractivity contribution is 6.08.